The Kier molecular flexibility index (Phi) is 6.19. The zero-order chi connectivity index (χ0) is 13.0. The van der Waals surface area contributed by atoms with E-state index in [1.807, 2.05) is 0 Å². The average molecular weight is 309 g/mol. The van der Waals surface area contributed by atoms with Crippen LogP contribution in [0.2, 0.25) is 0 Å². The van der Waals surface area contributed by atoms with Gasteiger partial charge in [-0.2, -0.15) is 0 Å². The molecule has 2 rings (SSSR count). The molecule has 0 unspecified atom stereocenters. The van der Waals surface area contributed by atoms with Gasteiger partial charge in [0.1, 0.15) is 5.82 Å². The van der Waals surface area contributed by atoms with Crippen molar-refractivity contribution in [1.82, 2.24) is 10.0 Å². The summed E-state index contributed by atoms with van der Waals surface area (Å²) in [7, 11) is -3.59. The molecule has 1 aromatic carbocycles. The summed E-state index contributed by atoms with van der Waals surface area (Å²) in [6, 6.07) is 5.42. The van der Waals surface area contributed by atoms with E-state index in [1.54, 1.807) is 0 Å². The molecule has 1 aliphatic rings. The lowest BCUT2D eigenvalue weighted by Gasteiger charge is -2.11. The highest BCUT2D eigenvalue weighted by Gasteiger charge is 2.17. The molecular formula is C12H18ClFN2O2S. The van der Waals surface area contributed by atoms with Crippen LogP contribution in [-0.2, 0) is 10.0 Å². The monoisotopic (exact) mass is 308 g/mol. The van der Waals surface area contributed by atoms with Gasteiger partial charge in [-0.15, -0.1) is 12.4 Å². The minimum absolute atomic E-state index is 0. The predicted octanol–water partition coefficient (Wildman–Crippen LogP) is 1.67. The van der Waals surface area contributed by atoms with Crippen molar-refractivity contribution in [3.63, 3.8) is 0 Å². The van der Waals surface area contributed by atoms with Crippen LogP contribution in [0.4, 0.5) is 4.39 Å². The fraction of sp³-hybridized carbons (Fsp3) is 0.500. The number of halogens is 2. The molecule has 7 heteroatoms. The van der Waals surface area contributed by atoms with Crippen LogP contribution in [0.5, 0.6) is 0 Å². The standard InChI is InChI=1S/C12H17FN2O2S.ClH/c13-10-3-1-5-12(9-10)18(16,17)15-8-6-11-4-2-7-14-11;/h1,3,5,9,11,14-15H,2,4,6-8H2;1H/t11-;/m1./s1. The van der Waals surface area contributed by atoms with Crippen LogP contribution in [0.25, 0.3) is 0 Å². The molecule has 0 aliphatic carbocycles. The Labute approximate surface area is 119 Å². The summed E-state index contributed by atoms with van der Waals surface area (Å²) in [6.45, 7) is 1.37. The highest BCUT2D eigenvalue weighted by Crippen LogP contribution is 2.11. The average Bonchev–Trinajstić information content (AvgIpc) is 2.82. The molecule has 0 amide bonds. The second-order valence-corrected chi connectivity index (χ2v) is 6.20. The fourth-order valence-electron chi connectivity index (χ4n) is 2.09. The van der Waals surface area contributed by atoms with Gasteiger partial charge in [0, 0.05) is 12.6 Å². The van der Waals surface area contributed by atoms with Gasteiger partial charge in [0.25, 0.3) is 0 Å². The molecular weight excluding hydrogens is 291 g/mol. The van der Waals surface area contributed by atoms with Crippen LogP contribution >= 0.6 is 12.4 Å². The maximum atomic E-state index is 13.0. The van der Waals surface area contributed by atoms with Crippen molar-refractivity contribution in [2.24, 2.45) is 0 Å². The first-order valence-corrected chi connectivity index (χ1v) is 7.55. The summed E-state index contributed by atoms with van der Waals surface area (Å²) < 4.78 is 39.2. The topological polar surface area (TPSA) is 58.2 Å². The summed E-state index contributed by atoms with van der Waals surface area (Å²) >= 11 is 0. The van der Waals surface area contributed by atoms with E-state index >= 15 is 0 Å². The SMILES string of the molecule is Cl.O=S(=O)(NCC[C@H]1CCCN1)c1cccc(F)c1. The van der Waals surface area contributed by atoms with E-state index in [-0.39, 0.29) is 17.3 Å². The first-order valence-electron chi connectivity index (χ1n) is 6.06. The Morgan fingerprint density at radius 2 is 2.21 bits per heavy atom. The van der Waals surface area contributed by atoms with E-state index in [1.165, 1.54) is 18.2 Å². The Hall–Kier alpha value is -0.690. The molecule has 2 N–H and O–H groups in total. The largest absolute Gasteiger partial charge is 0.314 e. The van der Waals surface area contributed by atoms with Crippen LogP contribution in [0.3, 0.4) is 0 Å². The third kappa shape index (κ3) is 4.72. The van der Waals surface area contributed by atoms with Crippen LogP contribution in [-0.4, -0.2) is 27.5 Å². The second kappa shape index (κ2) is 7.19. The van der Waals surface area contributed by atoms with Crippen molar-refractivity contribution in [2.45, 2.75) is 30.2 Å². The van der Waals surface area contributed by atoms with E-state index in [0.717, 1.165) is 31.9 Å². The maximum absolute atomic E-state index is 13.0. The highest BCUT2D eigenvalue weighted by molar-refractivity contribution is 7.89. The first-order chi connectivity index (χ1) is 8.58. The van der Waals surface area contributed by atoms with Gasteiger partial charge in [-0.25, -0.2) is 17.5 Å². The zero-order valence-electron chi connectivity index (χ0n) is 10.4. The maximum Gasteiger partial charge on any atom is 0.240 e. The van der Waals surface area contributed by atoms with Crippen LogP contribution < -0.4 is 10.0 Å². The van der Waals surface area contributed by atoms with Crippen molar-refractivity contribution in [3.05, 3.63) is 30.1 Å². The number of sulfonamides is 1. The molecule has 4 nitrogen and oxygen atoms in total. The van der Waals surface area contributed by atoms with Crippen molar-refractivity contribution < 1.29 is 12.8 Å². The van der Waals surface area contributed by atoms with Crippen LogP contribution in [0, 0.1) is 5.82 Å². The van der Waals surface area contributed by atoms with Gasteiger partial charge in [-0.05, 0) is 44.0 Å². The van der Waals surface area contributed by atoms with Gasteiger partial charge >= 0.3 is 0 Å². The van der Waals surface area contributed by atoms with Gasteiger partial charge in [-0.3, -0.25) is 0 Å². The second-order valence-electron chi connectivity index (χ2n) is 4.44. The van der Waals surface area contributed by atoms with Gasteiger partial charge in [0.15, 0.2) is 0 Å². The molecule has 1 saturated heterocycles. The Bertz CT molecular complexity index is 504. The lowest BCUT2D eigenvalue weighted by Crippen LogP contribution is -2.30. The molecule has 1 aromatic rings. The van der Waals surface area contributed by atoms with Gasteiger partial charge < -0.3 is 5.32 Å². The van der Waals surface area contributed by atoms with Gasteiger partial charge in [0.2, 0.25) is 10.0 Å². The Balaban J connectivity index is 0.00000180. The molecule has 1 atom stereocenters. The fourth-order valence-corrected chi connectivity index (χ4v) is 3.17. The number of hydrogen-bond acceptors (Lipinski definition) is 3. The Morgan fingerprint density at radius 1 is 1.42 bits per heavy atom. The molecule has 0 saturated carbocycles. The molecule has 1 aliphatic heterocycles. The molecule has 1 fully saturated rings. The van der Waals surface area contributed by atoms with E-state index in [2.05, 4.69) is 10.0 Å². The number of rotatable bonds is 5. The molecule has 19 heavy (non-hydrogen) atoms. The minimum Gasteiger partial charge on any atom is -0.314 e. The molecule has 0 aromatic heterocycles. The Morgan fingerprint density at radius 3 is 2.84 bits per heavy atom. The summed E-state index contributed by atoms with van der Waals surface area (Å²) in [5, 5.41) is 3.30. The van der Waals surface area contributed by atoms with E-state index in [9.17, 15) is 12.8 Å². The summed E-state index contributed by atoms with van der Waals surface area (Å²) in [4.78, 5) is -0.0260. The number of benzene rings is 1. The summed E-state index contributed by atoms with van der Waals surface area (Å²) in [6.07, 6.45) is 2.98. The first kappa shape index (κ1) is 16.4. The molecule has 1 heterocycles. The third-order valence-electron chi connectivity index (χ3n) is 3.05. The van der Waals surface area contributed by atoms with Crippen molar-refractivity contribution >= 4 is 22.4 Å². The quantitative estimate of drug-likeness (QED) is 0.870. The van der Waals surface area contributed by atoms with Crippen molar-refractivity contribution in [1.29, 1.82) is 0 Å². The molecule has 0 bridgehead atoms. The van der Waals surface area contributed by atoms with Gasteiger partial charge in [-0.1, -0.05) is 6.07 Å². The van der Waals surface area contributed by atoms with Gasteiger partial charge in [0.05, 0.1) is 4.90 Å². The molecule has 0 radical (unpaired) electrons. The molecule has 0 spiro atoms. The molecule has 108 valence electrons. The normalized spacial score (nSPS) is 19.1. The minimum atomic E-state index is -3.59. The van der Waals surface area contributed by atoms with E-state index < -0.39 is 15.8 Å². The number of hydrogen-bond donors (Lipinski definition) is 2. The lowest BCUT2D eigenvalue weighted by atomic mass is 10.2. The zero-order valence-corrected chi connectivity index (χ0v) is 12.1. The third-order valence-corrected chi connectivity index (χ3v) is 4.51. The van der Waals surface area contributed by atoms with E-state index in [4.69, 9.17) is 0 Å². The summed E-state index contributed by atoms with van der Waals surface area (Å²) in [5.41, 5.74) is 0. The smallest absolute Gasteiger partial charge is 0.240 e. The van der Waals surface area contributed by atoms with E-state index in [0.29, 0.717) is 12.6 Å². The van der Waals surface area contributed by atoms with Crippen molar-refractivity contribution in [3.8, 4) is 0 Å². The van der Waals surface area contributed by atoms with Crippen molar-refractivity contribution in [2.75, 3.05) is 13.1 Å². The summed E-state index contributed by atoms with van der Waals surface area (Å²) in [5.74, 6) is -0.546. The van der Waals surface area contributed by atoms with Crippen LogP contribution in [0.15, 0.2) is 29.2 Å². The number of nitrogens with one attached hydrogen (secondary N) is 2. The highest BCUT2D eigenvalue weighted by atomic mass is 35.5. The lowest BCUT2D eigenvalue weighted by molar-refractivity contribution is 0.538. The predicted molar refractivity (Wildman–Crippen MR) is 74.5 cm³/mol. The van der Waals surface area contributed by atoms with Crippen LogP contribution in [0.1, 0.15) is 19.3 Å².